The molecule has 3 N–H and O–H groups in total. The maximum Gasteiger partial charge on any atom is 0.285 e. The van der Waals surface area contributed by atoms with Crippen LogP contribution in [0.5, 0.6) is 11.5 Å². The molecule has 3 aromatic rings. The summed E-state index contributed by atoms with van der Waals surface area (Å²) < 4.78 is 0. The summed E-state index contributed by atoms with van der Waals surface area (Å²) in [7, 11) is 0. The van der Waals surface area contributed by atoms with Crippen molar-refractivity contribution < 1.29 is 24.7 Å². The zero-order chi connectivity index (χ0) is 20.0. The van der Waals surface area contributed by atoms with E-state index in [0.29, 0.717) is 5.69 Å². The van der Waals surface area contributed by atoms with Crippen molar-refractivity contribution in [1.82, 2.24) is 0 Å². The van der Waals surface area contributed by atoms with Gasteiger partial charge in [-0.2, -0.15) is 0 Å². The third-order valence-electron chi connectivity index (χ3n) is 4.47. The number of anilines is 2. The van der Waals surface area contributed by atoms with Crippen LogP contribution in [-0.2, 0) is 0 Å². The molecule has 0 radical (unpaired) electrons. The van der Waals surface area contributed by atoms with Crippen molar-refractivity contribution in [3.05, 3.63) is 87.0 Å². The van der Waals surface area contributed by atoms with E-state index in [9.17, 15) is 29.9 Å². The molecule has 0 bridgehead atoms. The van der Waals surface area contributed by atoms with Crippen molar-refractivity contribution in [2.45, 2.75) is 0 Å². The molecule has 3 aromatic carbocycles. The topological polar surface area (TPSA) is 130 Å². The molecule has 0 aromatic heterocycles. The van der Waals surface area contributed by atoms with E-state index in [-0.39, 0.29) is 22.4 Å². The maximum absolute atomic E-state index is 12.9. The zero-order valence-corrected chi connectivity index (χ0v) is 14.2. The van der Waals surface area contributed by atoms with E-state index < -0.39 is 39.2 Å². The SMILES string of the molecule is O=C1c2ccc(Nc3ccccc3)c(O)c2C(=O)c2cc(O)cc([N+](=O)[O-])c21. The predicted octanol–water partition coefficient (Wildman–Crippen LogP) is 3.53. The van der Waals surface area contributed by atoms with Gasteiger partial charge >= 0.3 is 0 Å². The molecule has 0 saturated carbocycles. The van der Waals surface area contributed by atoms with Crippen LogP contribution in [0.4, 0.5) is 17.1 Å². The molecule has 0 fully saturated rings. The molecule has 1 aliphatic carbocycles. The Kier molecular flexibility index (Phi) is 3.82. The minimum atomic E-state index is -0.833. The Morgan fingerprint density at radius 2 is 1.54 bits per heavy atom. The highest BCUT2D eigenvalue weighted by Crippen LogP contribution is 2.41. The van der Waals surface area contributed by atoms with Gasteiger partial charge in [-0.15, -0.1) is 0 Å². The third kappa shape index (κ3) is 2.55. The number of fused-ring (bicyclic) bond motifs is 2. The normalized spacial score (nSPS) is 12.3. The van der Waals surface area contributed by atoms with Crippen molar-refractivity contribution in [1.29, 1.82) is 0 Å². The first-order valence-corrected chi connectivity index (χ1v) is 8.17. The lowest BCUT2D eigenvalue weighted by molar-refractivity contribution is -0.385. The number of nitrogens with one attached hydrogen (secondary N) is 1. The Morgan fingerprint density at radius 3 is 2.21 bits per heavy atom. The van der Waals surface area contributed by atoms with Gasteiger partial charge in [0.05, 0.1) is 22.2 Å². The molecule has 0 aliphatic heterocycles. The van der Waals surface area contributed by atoms with Gasteiger partial charge in [0.15, 0.2) is 11.5 Å². The number of ketones is 2. The van der Waals surface area contributed by atoms with Gasteiger partial charge in [0.2, 0.25) is 5.78 Å². The summed E-state index contributed by atoms with van der Waals surface area (Å²) in [5.74, 6) is -2.51. The number of rotatable bonds is 3. The van der Waals surface area contributed by atoms with Gasteiger partial charge in [0.1, 0.15) is 11.3 Å². The van der Waals surface area contributed by atoms with Crippen LogP contribution >= 0.6 is 0 Å². The number of carbonyl (C=O) groups excluding carboxylic acids is 2. The number of phenolic OH excluding ortho intramolecular Hbond substituents is 2. The highest BCUT2D eigenvalue weighted by Gasteiger charge is 2.38. The van der Waals surface area contributed by atoms with Crippen LogP contribution in [0.2, 0.25) is 0 Å². The Morgan fingerprint density at radius 1 is 0.857 bits per heavy atom. The average Bonchev–Trinajstić information content (AvgIpc) is 2.67. The minimum absolute atomic E-state index is 0.137. The Balaban J connectivity index is 1.89. The second-order valence-corrected chi connectivity index (χ2v) is 6.18. The van der Waals surface area contributed by atoms with E-state index in [0.717, 1.165) is 12.1 Å². The number of hydrogen-bond donors (Lipinski definition) is 3. The Hall–Kier alpha value is -4.20. The smallest absolute Gasteiger partial charge is 0.285 e. The van der Waals surface area contributed by atoms with Gasteiger partial charge in [0, 0.05) is 16.8 Å². The zero-order valence-electron chi connectivity index (χ0n) is 14.2. The fraction of sp³-hybridized carbons (Fsp3) is 0. The number of nitro benzene ring substituents is 1. The van der Waals surface area contributed by atoms with Crippen molar-refractivity contribution in [2.24, 2.45) is 0 Å². The number of para-hydroxylation sites is 1. The minimum Gasteiger partial charge on any atom is -0.508 e. The standard InChI is InChI=1S/C20H12N2O6/c23-11-8-13-16(15(9-11)22(27)28)18(24)12-6-7-14(20(26)17(12)19(13)25)21-10-4-2-1-3-5-10/h1-9,21,23,26H. The molecule has 0 amide bonds. The first-order chi connectivity index (χ1) is 13.4. The lowest BCUT2D eigenvalue weighted by atomic mass is 9.82. The van der Waals surface area contributed by atoms with Gasteiger partial charge in [-0.1, -0.05) is 18.2 Å². The van der Waals surface area contributed by atoms with E-state index in [1.165, 1.54) is 12.1 Å². The first-order valence-electron chi connectivity index (χ1n) is 8.17. The lowest BCUT2D eigenvalue weighted by Gasteiger charge is -2.20. The average molecular weight is 376 g/mol. The molecular formula is C20H12N2O6. The summed E-state index contributed by atoms with van der Waals surface area (Å²) in [5, 5.41) is 34.6. The number of phenols is 2. The maximum atomic E-state index is 12.9. The summed E-state index contributed by atoms with van der Waals surface area (Å²) in [6.45, 7) is 0. The molecule has 0 saturated heterocycles. The fourth-order valence-electron chi connectivity index (χ4n) is 3.23. The Bertz CT molecular complexity index is 1170. The number of benzene rings is 3. The Labute approximate surface area is 157 Å². The van der Waals surface area contributed by atoms with Crippen molar-refractivity contribution >= 4 is 28.6 Å². The van der Waals surface area contributed by atoms with E-state index >= 15 is 0 Å². The predicted molar refractivity (Wildman–Crippen MR) is 99.5 cm³/mol. The number of hydrogen-bond acceptors (Lipinski definition) is 7. The quantitative estimate of drug-likeness (QED) is 0.283. The van der Waals surface area contributed by atoms with Crippen LogP contribution in [0.1, 0.15) is 31.8 Å². The molecule has 0 spiro atoms. The molecule has 8 heteroatoms. The molecule has 0 unspecified atom stereocenters. The van der Waals surface area contributed by atoms with Crippen LogP contribution < -0.4 is 5.32 Å². The highest BCUT2D eigenvalue weighted by atomic mass is 16.6. The number of nitrogens with zero attached hydrogens (tertiary/aromatic N) is 1. The van der Waals surface area contributed by atoms with E-state index in [1.54, 1.807) is 24.3 Å². The molecule has 4 rings (SSSR count). The summed E-state index contributed by atoms with van der Waals surface area (Å²) in [4.78, 5) is 36.2. The summed E-state index contributed by atoms with van der Waals surface area (Å²) in [6.07, 6.45) is 0. The van der Waals surface area contributed by atoms with E-state index in [2.05, 4.69) is 5.32 Å². The lowest BCUT2D eigenvalue weighted by Crippen LogP contribution is -2.22. The molecular weight excluding hydrogens is 364 g/mol. The van der Waals surface area contributed by atoms with Crippen molar-refractivity contribution in [2.75, 3.05) is 5.32 Å². The molecule has 28 heavy (non-hydrogen) atoms. The van der Waals surface area contributed by atoms with Gasteiger partial charge < -0.3 is 15.5 Å². The molecule has 138 valence electrons. The van der Waals surface area contributed by atoms with E-state index in [1.807, 2.05) is 6.07 Å². The van der Waals surface area contributed by atoms with Gasteiger partial charge in [0.25, 0.3) is 5.69 Å². The molecule has 0 heterocycles. The fourth-order valence-corrected chi connectivity index (χ4v) is 3.23. The summed E-state index contributed by atoms with van der Waals surface area (Å²) in [5.41, 5.74) is -0.934. The van der Waals surface area contributed by atoms with Crippen LogP contribution in [-0.4, -0.2) is 26.7 Å². The molecule has 8 nitrogen and oxygen atoms in total. The van der Waals surface area contributed by atoms with Crippen LogP contribution in [0, 0.1) is 10.1 Å². The number of carbonyl (C=O) groups is 2. The number of nitro groups is 1. The van der Waals surface area contributed by atoms with E-state index in [4.69, 9.17) is 0 Å². The monoisotopic (exact) mass is 376 g/mol. The van der Waals surface area contributed by atoms with Crippen molar-refractivity contribution in [3.63, 3.8) is 0 Å². The molecule has 0 atom stereocenters. The van der Waals surface area contributed by atoms with Crippen LogP contribution in [0.15, 0.2) is 54.6 Å². The summed E-state index contributed by atoms with van der Waals surface area (Å²) >= 11 is 0. The third-order valence-corrected chi connectivity index (χ3v) is 4.47. The van der Waals surface area contributed by atoms with Crippen LogP contribution in [0.3, 0.4) is 0 Å². The second kappa shape index (κ2) is 6.20. The van der Waals surface area contributed by atoms with Gasteiger partial charge in [-0.3, -0.25) is 19.7 Å². The number of aromatic hydroxyl groups is 2. The summed E-state index contributed by atoms with van der Waals surface area (Å²) in [6, 6.07) is 13.4. The first kappa shape index (κ1) is 17.2. The highest BCUT2D eigenvalue weighted by molar-refractivity contribution is 6.31. The second-order valence-electron chi connectivity index (χ2n) is 6.18. The largest absolute Gasteiger partial charge is 0.508 e. The molecule has 1 aliphatic rings. The van der Waals surface area contributed by atoms with Gasteiger partial charge in [-0.25, -0.2) is 0 Å². The van der Waals surface area contributed by atoms with Crippen LogP contribution in [0.25, 0.3) is 0 Å². The van der Waals surface area contributed by atoms with Gasteiger partial charge in [-0.05, 0) is 30.3 Å². The van der Waals surface area contributed by atoms with Crippen molar-refractivity contribution in [3.8, 4) is 11.5 Å².